The Morgan fingerprint density at radius 3 is 2.57 bits per heavy atom. The monoisotopic (exact) mass is 297 g/mol. The molecule has 2 rings (SSSR count). The third-order valence-electron chi connectivity index (χ3n) is 4.55. The van der Waals surface area contributed by atoms with Crippen LogP contribution >= 0.6 is 0 Å². The largest absolute Gasteiger partial charge is 0.481 e. The van der Waals surface area contributed by atoms with E-state index in [0.717, 1.165) is 0 Å². The van der Waals surface area contributed by atoms with Crippen LogP contribution in [0.3, 0.4) is 0 Å². The second-order valence-electron chi connectivity index (χ2n) is 6.35. The zero-order chi connectivity index (χ0) is 15.8. The van der Waals surface area contributed by atoms with Gasteiger partial charge in [0.05, 0.1) is 5.92 Å². The van der Waals surface area contributed by atoms with E-state index in [0.29, 0.717) is 32.5 Å². The van der Waals surface area contributed by atoms with Gasteiger partial charge in [-0.25, -0.2) is 4.79 Å². The van der Waals surface area contributed by atoms with Crippen molar-refractivity contribution < 1.29 is 19.5 Å². The topological polar surface area (TPSA) is 89.9 Å². The van der Waals surface area contributed by atoms with Gasteiger partial charge < -0.3 is 20.2 Å². The molecule has 0 bridgehead atoms. The number of aliphatic carboxylic acids is 1. The van der Waals surface area contributed by atoms with Gasteiger partial charge in [0.1, 0.15) is 5.54 Å². The van der Waals surface area contributed by atoms with Crippen molar-refractivity contribution in [2.24, 2.45) is 5.92 Å². The highest BCUT2D eigenvalue weighted by atomic mass is 16.4. The number of nitrogens with zero attached hydrogens (tertiary/aromatic N) is 2. The van der Waals surface area contributed by atoms with Crippen LogP contribution in [0.4, 0.5) is 4.79 Å². The maximum absolute atomic E-state index is 12.7. The molecule has 21 heavy (non-hydrogen) atoms. The number of hydrogen-bond donors (Lipinski definition) is 2. The summed E-state index contributed by atoms with van der Waals surface area (Å²) in [6, 6.07) is -0.306. The number of carbonyl (C=O) groups excluding carboxylic acids is 2. The van der Waals surface area contributed by atoms with Crippen LogP contribution < -0.4 is 5.32 Å². The van der Waals surface area contributed by atoms with E-state index in [1.165, 1.54) is 0 Å². The Kier molecular flexibility index (Phi) is 4.11. The fourth-order valence-electron chi connectivity index (χ4n) is 3.07. The van der Waals surface area contributed by atoms with E-state index in [2.05, 4.69) is 5.32 Å². The average Bonchev–Trinajstić information content (AvgIpc) is 2.41. The van der Waals surface area contributed by atoms with Gasteiger partial charge in [0.15, 0.2) is 0 Å². The zero-order valence-corrected chi connectivity index (χ0v) is 12.8. The molecule has 3 amide bonds. The SMILES string of the molecule is CC1CC(C(=O)O)CCN1C(=O)N1CCNC(=O)C1(C)C. The Labute approximate surface area is 124 Å². The van der Waals surface area contributed by atoms with Gasteiger partial charge in [-0.1, -0.05) is 0 Å². The molecule has 2 N–H and O–H groups in total. The second kappa shape index (κ2) is 5.54. The van der Waals surface area contributed by atoms with Crippen LogP contribution in [0.25, 0.3) is 0 Å². The molecular weight excluding hydrogens is 274 g/mol. The van der Waals surface area contributed by atoms with Gasteiger partial charge in [-0.3, -0.25) is 9.59 Å². The molecule has 0 aromatic rings. The van der Waals surface area contributed by atoms with Gasteiger partial charge in [0, 0.05) is 25.7 Å². The third kappa shape index (κ3) is 2.82. The van der Waals surface area contributed by atoms with Gasteiger partial charge in [-0.15, -0.1) is 0 Å². The van der Waals surface area contributed by atoms with Crippen LogP contribution in [-0.2, 0) is 9.59 Å². The maximum atomic E-state index is 12.7. The molecule has 2 aliphatic heterocycles. The molecule has 2 saturated heterocycles. The summed E-state index contributed by atoms with van der Waals surface area (Å²) in [6.45, 7) is 6.68. The molecule has 0 saturated carbocycles. The molecule has 2 fully saturated rings. The lowest BCUT2D eigenvalue weighted by atomic mass is 9.91. The highest BCUT2D eigenvalue weighted by molar-refractivity contribution is 5.91. The molecular formula is C14H23N3O4. The molecule has 7 nitrogen and oxygen atoms in total. The first-order valence-corrected chi connectivity index (χ1v) is 7.34. The average molecular weight is 297 g/mol. The summed E-state index contributed by atoms with van der Waals surface area (Å²) in [4.78, 5) is 39.0. The number of carbonyl (C=O) groups is 3. The smallest absolute Gasteiger partial charge is 0.321 e. The van der Waals surface area contributed by atoms with E-state index in [1.54, 1.807) is 23.6 Å². The molecule has 0 spiro atoms. The molecule has 2 unspecified atom stereocenters. The summed E-state index contributed by atoms with van der Waals surface area (Å²) in [5.41, 5.74) is -0.876. The van der Waals surface area contributed by atoms with Crippen molar-refractivity contribution in [2.45, 2.75) is 45.2 Å². The van der Waals surface area contributed by atoms with E-state index >= 15 is 0 Å². The Hall–Kier alpha value is -1.79. The Balaban J connectivity index is 2.10. The van der Waals surface area contributed by atoms with Gasteiger partial charge in [0.2, 0.25) is 5.91 Å². The van der Waals surface area contributed by atoms with E-state index in [-0.39, 0.29) is 23.9 Å². The second-order valence-corrected chi connectivity index (χ2v) is 6.35. The Morgan fingerprint density at radius 2 is 2.00 bits per heavy atom. The minimum absolute atomic E-state index is 0.131. The van der Waals surface area contributed by atoms with Crippen molar-refractivity contribution in [3.8, 4) is 0 Å². The molecule has 0 radical (unpaired) electrons. The summed E-state index contributed by atoms with van der Waals surface area (Å²) in [6.07, 6.45) is 0.924. The van der Waals surface area contributed by atoms with Gasteiger partial charge >= 0.3 is 12.0 Å². The number of rotatable bonds is 1. The normalized spacial score (nSPS) is 29.0. The molecule has 2 aliphatic rings. The van der Waals surface area contributed by atoms with E-state index in [4.69, 9.17) is 5.11 Å². The van der Waals surface area contributed by atoms with Crippen LogP contribution in [0, 0.1) is 5.92 Å². The minimum atomic E-state index is -0.876. The number of piperidine rings is 1. The summed E-state index contributed by atoms with van der Waals surface area (Å²) >= 11 is 0. The Morgan fingerprint density at radius 1 is 1.33 bits per heavy atom. The number of nitrogens with one attached hydrogen (secondary N) is 1. The fourth-order valence-corrected chi connectivity index (χ4v) is 3.07. The van der Waals surface area contributed by atoms with Crippen molar-refractivity contribution in [3.63, 3.8) is 0 Å². The van der Waals surface area contributed by atoms with E-state index in [1.807, 2.05) is 6.92 Å². The summed E-state index contributed by atoms with van der Waals surface area (Å²) < 4.78 is 0. The molecule has 0 aromatic carbocycles. The fraction of sp³-hybridized carbons (Fsp3) is 0.786. The number of carboxylic acids is 1. The van der Waals surface area contributed by atoms with Gasteiger partial charge in [-0.2, -0.15) is 0 Å². The van der Waals surface area contributed by atoms with Gasteiger partial charge in [0.25, 0.3) is 0 Å². The van der Waals surface area contributed by atoms with Crippen LogP contribution in [-0.4, -0.2) is 64.0 Å². The standard InChI is InChI=1S/C14H23N3O4/c1-9-8-10(11(18)19)4-6-16(9)13(21)17-7-5-15-12(20)14(17,2)3/h9-10H,4-8H2,1-3H3,(H,15,20)(H,18,19). The van der Waals surface area contributed by atoms with Crippen LogP contribution in [0.15, 0.2) is 0 Å². The molecule has 118 valence electrons. The molecule has 0 aromatic heterocycles. The van der Waals surface area contributed by atoms with Crippen molar-refractivity contribution in [1.82, 2.24) is 15.1 Å². The lowest BCUT2D eigenvalue weighted by Crippen LogP contribution is -2.66. The number of piperazine rings is 1. The predicted molar refractivity (Wildman–Crippen MR) is 75.7 cm³/mol. The predicted octanol–water partition coefficient (Wildman–Crippen LogP) is 0.502. The number of amides is 3. The third-order valence-corrected chi connectivity index (χ3v) is 4.55. The lowest BCUT2D eigenvalue weighted by Gasteiger charge is -2.46. The lowest BCUT2D eigenvalue weighted by molar-refractivity contribution is -0.143. The van der Waals surface area contributed by atoms with Gasteiger partial charge in [-0.05, 0) is 33.6 Å². The molecule has 2 heterocycles. The maximum Gasteiger partial charge on any atom is 0.321 e. The van der Waals surface area contributed by atoms with Crippen LogP contribution in [0.5, 0.6) is 0 Å². The van der Waals surface area contributed by atoms with Crippen LogP contribution in [0.1, 0.15) is 33.6 Å². The van der Waals surface area contributed by atoms with Crippen molar-refractivity contribution >= 4 is 17.9 Å². The molecule has 7 heteroatoms. The highest BCUT2D eigenvalue weighted by Gasteiger charge is 2.44. The zero-order valence-electron chi connectivity index (χ0n) is 12.8. The first kappa shape index (κ1) is 15.6. The summed E-state index contributed by atoms with van der Waals surface area (Å²) in [7, 11) is 0. The first-order chi connectivity index (χ1) is 9.75. The number of hydrogen-bond acceptors (Lipinski definition) is 3. The first-order valence-electron chi connectivity index (χ1n) is 7.34. The summed E-state index contributed by atoms with van der Waals surface area (Å²) in [5.74, 6) is -1.34. The van der Waals surface area contributed by atoms with E-state index in [9.17, 15) is 14.4 Å². The number of likely N-dealkylation sites (tertiary alicyclic amines) is 1. The van der Waals surface area contributed by atoms with Crippen molar-refractivity contribution in [3.05, 3.63) is 0 Å². The Bertz CT molecular complexity index is 463. The molecule has 0 aliphatic carbocycles. The highest BCUT2D eigenvalue weighted by Crippen LogP contribution is 2.27. The molecule has 2 atom stereocenters. The quantitative estimate of drug-likeness (QED) is 0.737. The number of urea groups is 1. The minimum Gasteiger partial charge on any atom is -0.481 e. The number of carboxylic acid groups (broad SMARTS) is 1. The summed E-state index contributed by atoms with van der Waals surface area (Å²) in [5, 5.41) is 11.8. The van der Waals surface area contributed by atoms with Crippen molar-refractivity contribution in [1.29, 1.82) is 0 Å². The van der Waals surface area contributed by atoms with E-state index < -0.39 is 11.5 Å². The van der Waals surface area contributed by atoms with Crippen molar-refractivity contribution in [2.75, 3.05) is 19.6 Å². The van der Waals surface area contributed by atoms with Crippen LogP contribution in [0.2, 0.25) is 0 Å².